The molecule has 1 aliphatic heterocycles. The summed E-state index contributed by atoms with van der Waals surface area (Å²) in [6.45, 7) is 2.85. The Kier molecular flexibility index (Phi) is 2.68. The third-order valence-corrected chi connectivity index (χ3v) is 2.19. The van der Waals surface area contributed by atoms with Gasteiger partial charge in [0.15, 0.2) is 0 Å². The average molecular weight is 171 g/mol. The van der Waals surface area contributed by atoms with Gasteiger partial charge in [0.05, 0.1) is 0 Å². The van der Waals surface area contributed by atoms with E-state index < -0.39 is 5.97 Å². The van der Waals surface area contributed by atoms with Crippen molar-refractivity contribution in [3.63, 3.8) is 0 Å². The van der Waals surface area contributed by atoms with E-state index >= 15 is 0 Å². The zero-order valence-corrected chi connectivity index (χ0v) is 7.12. The Bertz CT molecular complexity index is 202. The second-order valence-electron chi connectivity index (χ2n) is 3.22. The van der Waals surface area contributed by atoms with E-state index in [1.165, 1.54) is 6.92 Å². The molecular formula is C8H13NO3. The van der Waals surface area contributed by atoms with Gasteiger partial charge >= 0.3 is 5.97 Å². The summed E-state index contributed by atoms with van der Waals surface area (Å²) in [5, 5.41) is 8.50. The van der Waals surface area contributed by atoms with Crippen LogP contribution in [-0.4, -0.2) is 35.0 Å². The molecule has 1 fully saturated rings. The monoisotopic (exact) mass is 171 g/mol. The van der Waals surface area contributed by atoms with E-state index in [2.05, 4.69) is 0 Å². The molecule has 0 spiro atoms. The number of hydrogen-bond donors (Lipinski definition) is 1. The van der Waals surface area contributed by atoms with E-state index in [-0.39, 0.29) is 18.2 Å². The number of nitrogens with zero attached hydrogens (tertiary/aromatic N) is 1. The van der Waals surface area contributed by atoms with E-state index in [0.29, 0.717) is 13.1 Å². The van der Waals surface area contributed by atoms with Gasteiger partial charge in [-0.05, 0) is 12.3 Å². The van der Waals surface area contributed by atoms with Gasteiger partial charge in [-0.3, -0.25) is 9.59 Å². The molecule has 1 N–H and O–H groups in total. The van der Waals surface area contributed by atoms with Crippen LogP contribution in [0.2, 0.25) is 0 Å². The smallest absolute Gasteiger partial charge is 0.303 e. The molecule has 68 valence electrons. The molecule has 1 atom stereocenters. The molecule has 4 nitrogen and oxygen atoms in total. The largest absolute Gasteiger partial charge is 0.481 e. The standard InChI is InChI=1S/C8H13NO3/c1-6(10)9-3-2-7(5-9)4-8(11)12/h7H,2-5H2,1H3,(H,11,12)/t7-/m1/s1. The number of carbonyl (C=O) groups is 2. The summed E-state index contributed by atoms with van der Waals surface area (Å²) in [5.74, 6) is -0.570. The Morgan fingerprint density at radius 3 is 2.67 bits per heavy atom. The van der Waals surface area contributed by atoms with Crippen molar-refractivity contribution >= 4 is 11.9 Å². The van der Waals surface area contributed by atoms with E-state index in [1.54, 1.807) is 4.90 Å². The highest BCUT2D eigenvalue weighted by Gasteiger charge is 2.25. The Morgan fingerprint density at radius 1 is 1.58 bits per heavy atom. The van der Waals surface area contributed by atoms with E-state index in [9.17, 15) is 9.59 Å². The minimum absolute atomic E-state index is 0.0443. The molecular weight excluding hydrogens is 158 g/mol. The number of likely N-dealkylation sites (tertiary alicyclic amines) is 1. The predicted molar refractivity (Wildman–Crippen MR) is 42.6 cm³/mol. The van der Waals surface area contributed by atoms with Crippen LogP contribution in [0.25, 0.3) is 0 Å². The Balaban J connectivity index is 2.35. The summed E-state index contributed by atoms with van der Waals surface area (Å²) < 4.78 is 0. The number of carboxylic acids is 1. The third kappa shape index (κ3) is 2.22. The van der Waals surface area contributed by atoms with Crippen LogP contribution in [0.5, 0.6) is 0 Å². The third-order valence-electron chi connectivity index (χ3n) is 2.19. The maximum atomic E-state index is 10.9. The lowest BCUT2D eigenvalue weighted by atomic mass is 10.1. The molecule has 1 amide bonds. The Labute approximate surface area is 71.2 Å². The van der Waals surface area contributed by atoms with Gasteiger partial charge in [0.25, 0.3) is 0 Å². The van der Waals surface area contributed by atoms with Crippen LogP contribution in [-0.2, 0) is 9.59 Å². The van der Waals surface area contributed by atoms with Gasteiger partial charge in [-0.15, -0.1) is 0 Å². The summed E-state index contributed by atoms with van der Waals surface area (Å²) in [6.07, 6.45) is 1.01. The summed E-state index contributed by atoms with van der Waals surface area (Å²) in [7, 11) is 0. The van der Waals surface area contributed by atoms with Gasteiger partial charge in [-0.2, -0.15) is 0 Å². The number of carboxylic acid groups (broad SMARTS) is 1. The fourth-order valence-corrected chi connectivity index (χ4v) is 1.53. The SMILES string of the molecule is CC(=O)N1CC[C@H](CC(=O)O)C1. The van der Waals surface area contributed by atoms with Gasteiger partial charge < -0.3 is 10.0 Å². The summed E-state index contributed by atoms with van der Waals surface area (Å²) in [4.78, 5) is 22.9. The topological polar surface area (TPSA) is 57.6 Å². The first-order valence-corrected chi connectivity index (χ1v) is 4.07. The van der Waals surface area contributed by atoms with Crippen LogP contribution in [0.1, 0.15) is 19.8 Å². The molecule has 0 bridgehead atoms. The van der Waals surface area contributed by atoms with Crippen molar-refractivity contribution in [3.05, 3.63) is 0 Å². The molecule has 1 heterocycles. The lowest BCUT2D eigenvalue weighted by molar-refractivity contribution is -0.138. The average Bonchev–Trinajstić information content (AvgIpc) is 2.34. The normalized spacial score (nSPS) is 22.8. The number of hydrogen-bond acceptors (Lipinski definition) is 2. The van der Waals surface area contributed by atoms with Crippen molar-refractivity contribution in [3.8, 4) is 0 Å². The lowest BCUT2D eigenvalue weighted by Crippen LogP contribution is -2.26. The zero-order valence-electron chi connectivity index (χ0n) is 7.12. The van der Waals surface area contributed by atoms with Crippen molar-refractivity contribution in [2.24, 2.45) is 5.92 Å². The molecule has 4 heteroatoms. The van der Waals surface area contributed by atoms with Gasteiger partial charge in [0.2, 0.25) is 5.91 Å². The van der Waals surface area contributed by atoms with E-state index in [1.807, 2.05) is 0 Å². The molecule has 1 rings (SSSR count). The van der Waals surface area contributed by atoms with Crippen LogP contribution in [0.4, 0.5) is 0 Å². The van der Waals surface area contributed by atoms with Gasteiger partial charge in [-0.25, -0.2) is 0 Å². The van der Waals surface area contributed by atoms with E-state index in [0.717, 1.165) is 6.42 Å². The van der Waals surface area contributed by atoms with Crippen molar-refractivity contribution in [2.75, 3.05) is 13.1 Å². The predicted octanol–water partition coefficient (Wildman–Crippen LogP) is 0.329. The molecule has 0 aromatic heterocycles. The van der Waals surface area contributed by atoms with Gasteiger partial charge in [0, 0.05) is 26.4 Å². The fourth-order valence-electron chi connectivity index (χ4n) is 1.53. The Hall–Kier alpha value is -1.06. The summed E-state index contributed by atoms with van der Waals surface area (Å²) in [6, 6.07) is 0. The highest BCUT2D eigenvalue weighted by molar-refractivity contribution is 5.73. The summed E-state index contributed by atoms with van der Waals surface area (Å²) >= 11 is 0. The maximum Gasteiger partial charge on any atom is 0.303 e. The molecule has 1 aliphatic rings. The van der Waals surface area contributed by atoms with Crippen LogP contribution < -0.4 is 0 Å². The minimum Gasteiger partial charge on any atom is -0.481 e. The highest BCUT2D eigenvalue weighted by atomic mass is 16.4. The zero-order chi connectivity index (χ0) is 9.14. The molecule has 0 unspecified atom stereocenters. The fraction of sp³-hybridized carbons (Fsp3) is 0.750. The quantitative estimate of drug-likeness (QED) is 0.651. The Morgan fingerprint density at radius 2 is 2.25 bits per heavy atom. The molecule has 0 saturated carbocycles. The lowest BCUT2D eigenvalue weighted by Gasteiger charge is -2.12. The highest BCUT2D eigenvalue weighted by Crippen LogP contribution is 2.19. The number of rotatable bonds is 2. The first kappa shape index (κ1) is 9.03. The van der Waals surface area contributed by atoms with E-state index in [4.69, 9.17) is 5.11 Å². The molecule has 0 aromatic rings. The van der Waals surface area contributed by atoms with Gasteiger partial charge in [-0.1, -0.05) is 0 Å². The molecule has 12 heavy (non-hydrogen) atoms. The van der Waals surface area contributed by atoms with Crippen LogP contribution in [0, 0.1) is 5.92 Å². The summed E-state index contributed by atoms with van der Waals surface area (Å²) in [5.41, 5.74) is 0. The van der Waals surface area contributed by atoms with Crippen molar-refractivity contribution < 1.29 is 14.7 Å². The minimum atomic E-state index is -0.773. The number of aliphatic carboxylic acids is 1. The molecule has 0 radical (unpaired) electrons. The number of amides is 1. The molecule has 1 saturated heterocycles. The van der Waals surface area contributed by atoms with Crippen LogP contribution in [0.15, 0.2) is 0 Å². The molecule has 0 aromatic carbocycles. The van der Waals surface area contributed by atoms with Crippen LogP contribution in [0.3, 0.4) is 0 Å². The first-order chi connectivity index (χ1) is 5.59. The van der Waals surface area contributed by atoms with Crippen molar-refractivity contribution in [1.29, 1.82) is 0 Å². The number of carbonyl (C=O) groups excluding carboxylic acids is 1. The first-order valence-electron chi connectivity index (χ1n) is 4.07. The van der Waals surface area contributed by atoms with Gasteiger partial charge in [0.1, 0.15) is 0 Å². The maximum absolute atomic E-state index is 10.9. The molecule has 0 aliphatic carbocycles. The van der Waals surface area contributed by atoms with Crippen molar-refractivity contribution in [1.82, 2.24) is 4.90 Å². The van der Waals surface area contributed by atoms with Crippen LogP contribution >= 0.6 is 0 Å². The van der Waals surface area contributed by atoms with Crippen molar-refractivity contribution in [2.45, 2.75) is 19.8 Å². The second-order valence-corrected chi connectivity index (χ2v) is 3.22. The second kappa shape index (κ2) is 3.56.